The highest BCUT2D eigenvalue weighted by Gasteiger charge is 2.08. The summed E-state index contributed by atoms with van der Waals surface area (Å²) < 4.78 is 0. The lowest BCUT2D eigenvalue weighted by molar-refractivity contribution is 0.104. The van der Waals surface area contributed by atoms with Crippen LogP contribution in [-0.2, 0) is 0 Å². The molecule has 2 rings (SSSR count). The van der Waals surface area contributed by atoms with Gasteiger partial charge >= 0.3 is 0 Å². The van der Waals surface area contributed by atoms with Crippen LogP contribution >= 0.6 is 23.2 Å². The summed E-state index contributed by atoms with van der Waals surface area (Å²) in [6.07, 6.45) is 3.24. The third kappa shape index (κ3) is 5.38. The Morgan fingerprint density at radius 1 is 1.17 bits per heavy atom. The predicted molar refractivity (Wildman–Crippen MR) is 103 cm³/mol. The molecule has 0 atom stereocenters. The van der Waals surface area contributed by atoms with E-state index >= 15 is 0 Å². The minimum Gasteiger partial charge on any atom is -0.383 e. The van der Waals surface area contributed by atoms with Gasteiger partial charge in [0.1, 0.15) is 0 Å². The molecule has 0 aliphatic carbocycles. The Morgan fingerprint density at radius 3 is 2.62 bits per heavy atom. The van der Waals surface area contributed by atoms with Crippen LogP contribution in [0.4, 0.5) is 5.69 Å². The number of carbonyl (C=O) groups excluding carboxylic acids is 1. The second kappa shape index (κ2) is 8.88. The van der Waals surface area contributed by atoms with Crippen LogP contribution in [0.25, 0.3) is 6.08 Å². The second-order valence-electron chi connectivity index (χ2n) is 5.64. The molecule has 3 nitrogen and oxygen atoms in total. The predicted octanol–water partition coefficient (Wildman–Crippen LogP) is 4.86. The van der Waals surface area contributed by atoms with E-state index in [9.17, 15) is 4.79 Å². The smallest absolute Gasteiger partial charge is 0.187 e. The number of nitrogens with one attached hydrogen (secondary N) is 1. The molecule has 0 radical (unpaired) electrons. The molecule has 0 aromatic heterocycles. The maximum absolute atomic E-state index is 12.5. The zero-order valence-electron chi connectivity index (χ0n) is 13.7. The molecule has 0 unspecified atom stereocenters. The van der Waals surface area contributed by atoms with Gasteiger partial charge in [-0.25, -0.2) is 0 Å². The molecule has 0 saturated carbocycles. The molecule has 24 heavy (non-hydrogen) atoms. The fourth-order valence-corrected chi connectivity index (χ4v) is 2.63. The second-order valence-corrected chi connectivity index (χ2v) is 6.48. The van der Waals surface area contributed by atoms with E-state index in [4.69, 9.17) is 23.2 Å². The Kier molecular flexibility index (Phi) is 6.85. The van der Waals surface area contributed by atoms with E-state index in [-0.39, 0.29) is 5.78 Å². The van der Waals surface area contributed by atoms with E-state index in [1.165, 1.54) is 6.08 Å². The zero-order chi connectivity index (χ0) is 17.5. The number of para-hydroxylation sites is 1. The Hall–Kier alpha value is -1.81. The van der Waals surface area contributed by atoms with Crippen LogP contribution in [-0.4, -0.2) is 37.9 Å². The highest BCUT2D eigenvalue weighted by Crippen LogP contribution is 2.23. The van der Waals surface area contributed by atoms with Crippen molar-refractivity contribution in [1.82, 2.24) is 4.90 Å². The maximum Gasteiger partial charge on any atom is 0.187 e. The van der Waals surface area contributed by atoms with Crippen molar-refractivity contribution in [3.8, 4) is 0 Å². The number of nitrogens with zero attached hydrogens (tertiary/aromatic N) is 1. The summed E-state index contributed by atoms with van der Waals surface area (Å²) in [6.45, 7) is 1.66. The molecular weight excluding hydrogens is 343 g/mol. The lowest BCUT2D eigenvalue weighted by Crippen LogP contribution is -2.21. The van der Waals surface area contributed by atoms with Crippen LogP contribution in [0, 0.1) is 0 Å². The number of likely N-dealkylation sites (N-methyl/N-ethyl adjacent to an activating group) is 1. The Morgan fingerprint density at radius 2 is 1.92 bits per heavy atom. The zero-order valence-corrected chi connectivity index (χ0v) is 15.2. The molecule has 0 aliphatic heterocycles. The molecule has 2 aromatic rings. The van der Waals surface area contributed by atoms with Crippen LogP contribution in [0.1, 0.15) is 15.9 Å². The average Bonchev–Trinajstić information content (AvgIpc) is 2.54. The van der Waals surface area contributed by atoms with Crippen LogP contribution < -0.4 is 5.32 Å². The van der Waals surface area contributed by atoms with Crippen molar-refractivity contribution in [2.75, 3.05) is 32.5 Å². The third-order valence-corrected chi connectivity index (χ3v) is 4.01. The minimum absolute atomic E-state index is 0.0750. The molecule has 0 amide bonds. The molecular formula is C19H20Cl2N2O. The monoisotopic (exact) mass is 362 g/mol. The molecule has 0 bridgehead atoms. The molecule has 5 heteroatoms. The van der Waals surface area contributed by atoms with Gasteiger partial charge in [0.25, 0.3) is 0 Å². The summed E-state index contributed by atoms with van der Waals surface area (Å²) in [5, 5.41) is 4.39. The number of hydrogen-bond acceptors (Lipinski definition) is 3. The summed E-state index contributed by atoms with van der Waals surface area (Å²) in [6, 6.07) is 12.7. The summed E-state index contributed by atoms with van der Waals surface area (Å²) >= 11 is 12.0. The van der Waals surface area contributed by atoms with E-state index in [0.717, 1.165) is 24.3 Å². The van der Waals surface area contributed by atoms with Gasteiger partial charge in [0.05, 0.1) is 0 Å². The van der Waals surface area contributed by atoms with E-state index in [1.54, 1.807) is 24.3 Å². The van der Waals surface area contributed by atoms with Gasteiger partial charge in [-0.1, -0.05) is 41.4 Å². The minimum atomic E-state index is -0.0750. The first-order valence-electron chi connectivity index (χ1n) is 7.62. The highest BCUT2D eigenvalue weighted by molar-refractivity contribution is 6.35. The number of allylic oxidation sites excluding steroid dienone is 1. The third-order valence-electron chi connectivity index (χ3n) is 3.44. The molecule has 1 N–H and O–H groups in total. The van der Waals surface area contributed by atoms with Crippen LogP contribution in [0.2, 0.25) is 10.0 Å². The van der Waals surface area contributed by atoms with Gasteiger partial charge in [-0.3, -0.25) is 4.79 Å². The highest BCUT2D eigenvalue weighted by atomic mass is 35.5. The molecule has 0 heterocycles. The first-order chi connectivity index (χ1) is 11.5. The van der Waals surface area contributed by atoms with Crippen molar-refractivity contribution in [3.63, 3.8) is 0 Å². The number of carbonyl (C=O) groups is 1. The quantitative estimate of drug-likeness (QED) is 0.563. The van der Waals surface area contributed by atoms with Gasteiger partial charge in [-0.15, -0.1) is 0 Å². The van der Waals surface area contributed by atoms with Crippen LogP contribution in [0.5, 0.6) is 0 Å². The standard InChI is InChI=1S/C19H20Cl2N2O/c1-23(2)12-11-22-18-6-4-3-5-16(18)19(24)10-8-14-7-9-15(20)13-17(14)21/h3-10,13,22H,11-12H2,1-2H3. The lowest BCUT2D eigenvalue weighted by Gasteiger charge is -2.13. The van der Waals surface area contributed by atoms with Gasteiger partial charge in [-0.2, -0.15) is 0 Å². The van der Waals surface area contributed by atoms with E-state index in [0.29, 0.717) is 15.6 Å². The van der Waals surface area contributed by atoms with Gasteiger partial charge in [-0.05, 0) is 56.1 Å². The number of hydrogen-bond donors (Lipinski definition) is 1. The van der Waals surface area contributed by atoms with Gasteiger partial charge < -0.3 is 10.2 Å². The first-order valence-corrected chi connectivity index (χ1v) is 8.38. The molecule has 2 aromatic carbocycles. The van der Waals surface area contributed by atoms with Crippen molar-refractivity contribution >= 4 is 40.7 Å². The number of benzene rings is 2. The largest absolute Gasteiger partial charge is 0.383 e. The van der Waals surface area contributed by atoms with E-state index in [2.05, 4.69) is 10.2 Å². The van der Waals surface area contributed by atoms with Gasteiger partial charge in [0.2, 0.25) is 0 Å². The van der Waals surface area contributed by atoms with Gasteiger partial charge in [0.15, 0.2) is 5.78 Å². The summed E-state index contributed by atoms with van der Waals surface area (Å²) in [5.41, 5.74) is 2.22. The topological polar surface area (TPSA) is 32.3 Å². The van der Waals surface area contributed by atoms with E-state index in [1.807, 2.05) is 38.4 Å². The Labute approximate surface area is 152 Å². The molecule has 126 valence electrons. The van der Waals surface area contributed by atoms with Crippen molar-refractivity contribution in [1.29, 1.82) is 0 Å². The SMILES string of the molecule is CN(C)CCNc1ccccc1C(=O)C=Cc1ccc(Cl)cc1Cl. The molecule has 0 spiro atoms. The molecule has 0 saturated heterocycles. The number of ketones is 1. The van der Waals surface area contributed by atoms with E-state index < -0.39 is 0 Å². The summed E-state index contributed by atoms with van der Waals surface area (Å²) in [4.78, 5) is 14.6. The van der Waals surface area contributed by atoms with Crippen molar-refractivity contribution in [2.45, 2.75) is 0 Å². The van der Waals surface area contributed by atoms with Crippen LogP contribution in [0.15, 0.2) is 48.5 Å². The molecule has 0 aliphatic rings. The first kappa shape index (κ1) is 18.5. The Balaban J connectivity index is 2.13. The normalized spacial score (nSPS) is 11.2. The van der Waals surface area contributed by atoms with Crippen LogP contribution in [0.3, 0.4) is 0 Å². The van der Waals surface area contributed by atoms with Crippen molar-refractivity contribution < 1.29 is 4.79 Å². The van der Waals surface area contributed by atoms with Crippen molar-refractivity contribution in [2.24, 2.45) is 0 Å². The number of anilines is 1. The number of rotatable bonds is 7. The Bertz CT molecular complexity index is 742. The lowest BCUT2D eigenvalue weighted by atomic mass is 10.1. The number of halogens is 2. The van der Waals surface area contributed by atoms with Crippen molar-refractivity contribution in [3.05, 3.63) is 69.7 Å². The fraction of sp³-hybridized carbons (Fsp3) is 0.211. The average molecular weight is 363 g/mol. The maximum atomic E-state index is 12.5. The fourth-order valence-electron chi connectivity index (χ4n) is 2.16. The summed E-state index contributed by atoms with van der Waals surface area (Å²) in [5.74, 6) is -0.0750. The molecule has 0 fully saturated rings. The van der Waals surface area contributed by atoms with Gasteiger partial charge in [0, 0.05) is 34.4 Å². The summed E-state index contributed by atoms with van der Waals surface area (Å²) in [7, 11) is 4.02.